The number of hydrogen-bond donors (Lipinski definition) is 2. The quantitative estimate of drug-likeness (QED) is 0.0602. The molecule has 1 aliphatic carbocycles. The predicted molar refractivity (Wildman–Crippen MR) is 272 cm³/mol. The molecule has 1 aliphatic heterocycles. The second kappa shape index (κ2) is 26.7. The predicted octanol–water partition coefficient (Wildman–Crippen LogP) is 9.56. The van der Waals surface area contributed by atoms with Crippen LogP contribution in [0.15, 0.2) is 212 Å². The van der Waals surface area contributed by atoms with Crippen molar-refractivity contribution in [3.63, 3.8) is 0 Å². The number of benzene rings is 7. The van der Waals surface area contributed by atoms with Crippen molar-refractivity contribution < 1.29 is 52.8 Å². The maximum absolute atomic E-state index is 12.5. The minimum Gasteiger partial charge on any atom is -0.387 e. The third-order valence-electron chi connectivity index (χ3n) is 13.0. The summed E-state index contributed by atoms with van der Waals surface area (Å²) in [6.07, 6.45) is -11.8. The van der Waals surface area contributed by atoms with Gasteiger partial charge in [-0.3, -0.25) is 0 Å². The highest BCUT2D eigenvalue weighted by molar-refractivity contribution is 5.19. The smallest absolute Gasteiger partial charge is 0.187 e. The number of ether oxygens (including phenoxy) is 9. The fourth-order valence-corrected chi connectivity index (χ4v) is 9.19. The molecule has 9 rings (SSSR count). The first-order valence-corrected chi connectivity index (χ1v) is 24.8. The van der Waals surface area contributed by atoms with Crippen molar-refractivity contribution >= 4 is 0 Å². The minimum atomic E-state index is -1.55. The average Bonchev–Trinajstić information content (AvgIpc) is 3.44. The Balaban J connectivity index is 1.10. The van der Waals surface area contributed by atoms with E-state index in [4.69, 9.17) is 42.6 Å². The Labute approximate surface area is 422 Å². The number of hydrogen-bond acceptors (Lipinski definition) is 11. The summed E-state index contributed by atoms with van der Waals surface area (Å²) in [7, 11) is 0. The van der Waals surface area contributed by atoms with Crippen LogP contribution in [0.5, 0.6) is 0 Å². The third kappa shape index (κ3) is 14.2. The van der Waals surface area contributed by atoms with E-state index in [0.717, 1.165) is 38.9 Å². The highest BCUT2D eigenvalue weighted by atomic mass is 16.7. The first-order valence-electron chi connectivity index (χ1n) is 24.8. The van der Waals surface area contributed by atoms with Gasteiger partial charge in [-0.1, -0.05) is 212 Å². The van der Waals surface area contributed by atoms with Crippen molar-refractivity contribution in [2.45, 2.75) is 114 Å². The molecule has 11 nitrogen and oxygen atoms in total. The molecular weight excluding hydrogens is 909 g/mol. The van der Waals surface area contributed by atoms with Crippen LogP contribution in [-0.2, 0) is 88.9 Å². The van der Waals surface area contributed by atoms with Crippen LogP contribution >= 0.6 is 0 Å². The van der Waals surface area contributed by atoms with Crippen molar-refractivity contribution in [1.82, 2.24) is 0 Å². The van der Waals surface area contributed by atoms with Crippen molar-refractivity contribution in [2.75, 3.05) is 6.61 Å². The van der Waals surface area contributed by atoms with Gasteiger partial charge in [0.05, 0.1) is 52.9 Å². The summed E-state index contributed by atoms with van der Waals surface area (Å²) in [5, 5.41) is 24.9. The van der Waals surface area contributed by atoms with Crippen molar-refractivity contribution in [2.24, 2.45) is 0 Å². The molecule has 1 saturated heterocycles. The molecule has 1 saturated carbocycles. The molecule has 0 radical (unpaired) electrons. The van der Waals surface area contributed by atoms with E-state index in [9.17, 15) is 10.2 Å². The normalized spacial score (nSPS) is 25.2. The standard InChI is InChI=1S/C61H64O11/c62-52-53(63)56(59(69-41-49-32-18-6-19-33-49)58(68-40-48-30-16-5-17-31-48)55(52)66-38-46-26-12-3-13-27-46)72-61-60(70-42-50-34-20-7-21-35-50)57(67-39-47-28-14-4-15-29-47)54(65-37-45-24-10-2-11-25-45)51(71-61)43-64-36-44-22-8-1-9-23-44/h1-35,51-63H,36-43H2/t51?,52?,53-,54-,55?,56?,57?,58+,59-,60-,61-/m1/s1. The highest BCUT2D eigenvalue weighted by Gasteiger charge is 2.56. The monoisotopic (exact) mass is 972 g/mol. The van der Waals surface area contributed by atoms with Crippen LogP contribution in [0.25, 0.3) is 0 Å². The molecule has 5 unspecified atom stereocenters. The number of rotatable bonds is 24. The van der Waals surface area contributed by atoms with Gasteiger partial charge in [0.1, 0.15) is 61.0 Å². The molecule has 1 heterocycles. The molecule has 11 heteroatoms. The zero-order chi connectivity index (χ0) is 49.2. The van der Waals surface area contributed by atoms with Crippen molar-refractivity contribution in [1.29, 1.82) is 0 Å². The first kappa shape index (κ1) is 51.0. The van der Waals surface area contributed by atoms with Crippen molar-refractivity contribution in [3.05, 3.63) is 251 Å². The lowest BCUT2D eigenvalue weighted by atomic mass is 9.83. The lowest BCUT2D eigenvalue weighted by molar-refractivity contribution is -0.361. The van der Waals surface area contributed by atoms with Gasteiger partial charge in [-0.2, -0.15) is 0 Å². The van der Waals surface area contributed by atoms with E-state index < -0.39 is 67.3 Å². The Morgan fingerprint density at radius 2 is 0.556 bits per heavy atom. The Kier molecular flexibility index (Phi) is 18.9. The molecule has 0 aromatic heterocycles. The summed E-state index contributed by atoms with van der Waals surface area (Å²) in [5.41, 5.74) is 6.50. The van der Waals surface area contributed by atoms with Crippen LogP contribution in [0.1, 0.15) is 38.9 Å². The topological polar surface area (TPSA) is 124 Å². The number of aliphatic hydroxyl groups excluding tert-OH is 2. The second-order valence-corrected chi connectivity index (χ2v) is 18.2. The van der Waals surface area contributed by atoms with E-state index in [1.807, 2.05) is 212 Å². The zero-order valence-corrected chi connectivity index (χ0v) is 40.3. The van der Waals surface area contributed by atoms with Gasteiger partial charge < -0.3 is 52.8 Å². The van der Waals surface area contributed by atoms with Crippen LogP contribution < -0.4 is 0 Å². The Hall–Kier alpha value is -5.90. The van der Waals surface area contributed by atoms with E-state index in [-0.39, 0.29) is 46.2 Å². The summed E-state index contributed by atoms with van der Waals surface area (Å²) in [6, 6.07) is 68.9. The van der Waals surface area contributed by atoms with Crippen LogP contribution in [0.3, 0.4) is 0 Å². The SMILES string of the molecule is OC1C(OCc2ccccc2)[C@H](OCc2ccccc2)[C@H](OCc2ccccc2)C(O[C@H]2OC(COCc3ccccc3)[C@@H](OCc3ccccc3)C(OCc3ccccc3)[C@H]2OCc2ccccc2)[C@@H]1O. The van der Waals surface area contributed by atoms with Crippen LogP contribution in [0.4, 0.5) is 0 Å². The highest BCUT2D eigenvalue weighted by Crippen LogP contribution is 2.37. The van der Waals surface area contributed by atoms with Gasteiger partial charge >= 0.3 is 0 Å². The van der Waals surface area contributed by atoms with Crippen LogP contribution in [0.2, 0.25) is 0 Å². The molecule has 7 aromatic carbocycles. The Morgan fingerprint density at radius 3 is 0.917 bits per heavy atom. The Morgan fingerprint density at radius 1 is 0.292 bits per heavy atom. The van der Waals surface area contributed by atoms with Gasteiger partial charge in [0.15, 0.2) is 6.29 Å². The molecule has 2 fully saturated rings. The fourth-order valence-electron chi connectivity index (χ4n) is 9.19. The lowest BCUT2D eigenvalue weighted by Crippen LogP contribution is -2.69. The molecule has 0 amide bonds. The van der Waals surface area contributed by atoms with Gasteiger partial charge in [-0.05, 0) is 38.9 Å². The van der Waals surface area contributed by atoms with Gasteiger partial charge in [-0.25, -0.2) is 0 Å². The molecule has 0 bridgehead atoms. The van der Waals surface area contributed by atoms with E-state index in [1.165, 1.54) is 0 Å². The van der Waals surface area contributed by atoms with Crippen LogP contribution in [0, 0.1) is 0 Å². The van der Waals surface area contributed by atoms with E-state index >= 15 is 0 Å². The summed E-state index contributed by atoms with van der Waals surface area (Å²) >= 11 is 0. The number of aliphatic hydroxyl groups is 2. The second-order valence-electron chi connectivity index (χ2n) is 18.2. The van der Waals surface area contributed by atoms with Gasteiger partial charge in [-0.15, -0.1) is 0 Å². The molecule has 2 aliphatic rings. The molecule has 7 aromatic rings. The average molecular weight is 973 g/mol. The maximum Gasteiger partial charge on any atom is 0.187 e. The molecule has 72 heavy (non-hydrogen) atoms. The fraction of sp³-hybridized carbons (Fsp3) is 0.311. The third-order valence-corrected chi connectivity index (χ3v) is 13.0. The largest absolute Gasteiger partial charge is 0.387 e. The molecular formula is C61H64O11. The molecule has 11 atom stereocenters. The van der Waals surface area contributed by atoms with Gasteiger partial charge in [0, 0.05) is 0 Å². The van der Waals surface area contributed by atoms with Gasteiger partial charge in [0.2, 0.25) is 0 Å². The van der Waals surface area contributed by atoms with Gasteiger partial charge in [0.25, 0.3) is 0 Å². The van der Waals surface area contributed by atoms with E-state index in [0.29, 0.717) is 6.61 Å². The summed E-state index contributed by atoms with van der Waals surface area (Å²) in [4.78, 5) is 0. The summed E-state index contributed by atoms with van der Waals surface area (Å²) < 4.78 is 61.9. The molecule has 2 N–H and O–H groups in total. The summed E-state index contributed by atoms with van der Waals surface area (Å²) in [5.74, 6) is 0. The zero-order valence-electron chi connectivity index (χ0n) is 40.3. The molecule has 0 spiro atoms. The minimum absolute atomic E-state index is 0.0901. The molecule has 374 valence electrons. The maximum atomic E-state index is 12.5. The van der Waals surface area contributed by atoms with E-state index in [1.54, 1.807) is 0 Å². The Bertz CT molecular complexity index is 2560. The lowest BCUT2D eigenvalue weighted by Gasteiger charge is -2.50. The summed E-state index contributed by atoms with van der Waals surface area (Å²) in [6.45, 7) is 1.49. The van der Waals surface area contributed by atoms with Crippen LogP contribution in [-0.4, -0.2) is 84.1 Å². The van der Waals surface area contributed by atoms with E-state index in [2.05, 4.69) is 0 Å². The first-order chi connectivity index (χ1) is 35.6. The van der Waals surface area contributed by atoms with Crippen molar-refractivity contribution in [3.8, 4) is 0 Å².